The number of nitrogens with zero attached hydrogens (tertiary/aromatic N) is 1. The van der Waals surface area contributed by atoms with Crippen molar-refractivity contribution in [3.05, 3.63) is 186 Å². The Labute approximate surface area is 313 Å². The van der Waals surface area contributed by atoms with Crippen LogP contribution < -0.4 is 4.90 Å². The summed E-state index contributed by atoms with van der Waals surface area (Å²) < 4.78 is 0. The summed E-state index contributed by atoms with van der Waals surface area (Å²) in [6.07, 6.45) is 5.47. The summed E-state index contributed by atoms with van der Waals surface area (Å²) in [5, 5.41) is 0. The van der Waals surface area contributed by atoms with Gasteiger partial charge in [0.15, 0.2) is 0 Å². The molecule has 0 aliphatic heterocycles. The van der Waals surface area contributed by atoms with Gasteiger partial charge < -0.3 is 4.90 Å². The van der Waals surface area contributed by atoms with Crippen LogP contribution in [-0.4, -0.2) is 0 Å². The first kappa shape index (κ1) is 30.9. The van der Waals surface area contributed by atoms with E-state index in [9.17, 15) is 0 Å². The predicted octanol–water partition coefficient (Wildman–Crippen LogP) is 13.9. The Balaban J connectivity index is 1.04. The first-order valence-corrected chi connectivity index (χ1v) is 19.5. The summed E-state index contributed by atoms with van der Waals surface area (Å²) in [5.41, 5.74) is 20.2. The van der Waals surface area contributed by atoms with Crippen LogP contribution in [0.15, 0.2) is 164 Å². The van der Waals surface area contributed by atoms with E-state index in [4.69, 9.17) is 0 Å². The molecule has 3 unspecified atom stereocenters. The van der Waals surface area contributed by atoms with Gasteiger partial charge in [-0.2, -0.15) is 0 Å². The highest BCUT2D eigenvalue weighted by Gasteiger charge is 2.57. The third-order valence-electron chi connectivity index (χ3n) is 13.5. The lowest BCUT2D eigenvalue weighted by Crippen LogP contribution is -2.31. The third-order valence-corrected chi connectivity index (χ3v) is 13.5. The van der Waals surface area contributed by atoms with Crippen LogP contribution in [0.1, 0.15) is 61.8 Å². The Morgan fingerprint density at radius 3 is 1.89 bits per heavy atom. The van der Waals surface area contributed by atoms with Crippen molar-refractivity contribution in [3.63, 3.8) is 0 Å². The highest BCUT2D eigenvalue weighted by atomic mass is 15.1. The van der Waals surface area contributed by atoms with Crippen molar-refractivity contribution in [2.45, 2.75) is 50.4 Å². The molecule has 2 saturated carbocycles. The number of hydrogen-bond acceptors (Lipinski definition) is 1. The molecule has 1 heteroatoms. The molecule has 0 aromatic heterocycles. The highest BCUT2D eigenvalue weighted by molar-refractivity contribution is 5.94. The van der Waals surface area contributed by atoms with Crippen molar-refractivity contribution in [3.8, 4) is 44.5 Å². The largest absolute Gasteiger partial charge is 0.310 e. The molecule has 11 rings (SSSR count). The fourth-order valence-electron chi connectivity index (χ4n) is 11.2. The molecule has 7 aromatic carbocycles. The third kappa shape index (κ3) is 4.43. The lowest BCUT2D eigenvalue weighted by molar-refractivity contribution is 0.327. The van der Waals surface area contributed by atoms with Gasteiger partial charge in [-0.15, -0.1) is 0 Å². The molecule has 53 heavy (non-hydrogen) atoms. The molecular weight excluding hydrogens is 639 g/mol. The Hall–Kier alpha value is -5.66. The Morgan fingerprint density at radius 2 is 1.09 bits per heavy atom. The van der Waals surface area contributed by atoms with Crippen molar-refractivity contribution in [1.29, 1.82) is 0 Å². The van der Waals surface area contributed by atoms with Crippen LogP contribution in [0, 0.1) is 11.8 Å². The maximum Gasteiger partial charge on any atom is 0.0467 e. The monoisotopic (exact) mass is 681 g/mol. The van der Waals surface area contributed by atoms with Crippen LogP contribution in [0.25, 0.3) is 44.5 Å². The van der Waals surface area contributed by atoms with Gasteiger partial charge in [0.2, 0.25) is 0 Å². The fraction of sp³-hybridized carbons (Fsp3) is 0.192. The molecular formula is C52H43N. The minimum atomic E-state index is -0.0799. The molecule has 2 fully saturated rings. The maximum absolute atomic E-state index is 2.46. The molecule has 7 aromatic rings. The SMILES string of the molecule is CC1(C)c2ccccc2-c2ccc(N(c3ccc(-c4cccc5c4-c4ccccc4C54CC5CCC4C5)cc3)c3cccc(-c4ccccc4)c3)cc21. The van der Waals surface area contributed by atoms with Crippen LogP contribution in [0.4, 0.5) is 17.1 Å². The average Bonchev–Trinajstić information content (AvgIpc) is 3.96. The second-order valence-electron chi connectivity index (χ2n) is 16.5. The van der Waals surface area contributed by atoms with Gasteiger partial charge in [-0.05, 0) is 134 Å². The number of rotatable bonds is 5. The van der Waals surface area contributed by atoms with Crippen LogP contribution in [0.2, 0.25) is 0 Å². The first-order chi connectivity index (χ1) is 26.0. The van der Waals surface area contributed by atoms with E-state index in [0.29, 0.717) is 0 Å². The number of hydrogen-bond donors (Lipinski definition) is 0. The molecule has 0 N–H and O–H groups in total. The quantitative estimate of drug-likeness (QED) is 0.175. The molecule has 256 valence electrons. The van der Waals surface area contributed by atoms with Crippen molar-refractivity contribution in [2.75, 3.05) is 4.90 Å². The van der Waals surface area contributed by atoms with E-state index in [1.165, 1.54) is 87.0 Å². The van der Waals surface area contributed by atoms with Crippen LogP contribution >= 0.6 is 0 Å². The van der Waals surface area contributed by atoms with E-state index >= 15 is 0 Å². The Kier molecular flexibility index (Phi) is 6.66. The number of anilines is 3. The molecule has 0 amide bonds. The van der Waals surface area contributed by atoms with E-state index in [1.807, 2.05) is 0 Å². The lowest BCUT2D eigenvalue weighted by atomic mass is 9.66. The summed E-state index contributed by atoms with van der Waals surface area (Å²) in [5.74, 6) is 1.63. The van der Waals surface area contributed by atoms with E-state index in [-0.39, 0.29) is 10.8 Å². The summed E-state index contributed by atoms with van der Waals surface area (Å²) in [7, 11) is 0. The van der Waals surface area contributed by atoms with Crippen molar-refractivity contribution in [1.82, 2.24) is 0 Å². The summed E-state index contributed by atoms with van der Waals surface area (Å²) in [4.78, 5) is 2.45. The van der Waals surface area contributed by atoms with Crippen molar-refractivity contribution >= 4 is 17.1 Å². The molecule has 4 aliphatic carbocycles. The lowest BCUT2D eigenvalue weighted by Gasteiger charge is -2.36. The van der Waals surface area contributed by atoms with Gasteiger partial charge in [-0.25, -0.2) is 0 Å². The Morgan fingerprint density at radius 1 is 0.453 bits per heavy atom. The van der Waals surface area contributed by atoms with E-state index < -0.39 is 0 Å². The Bertz CT molecular complexity index is 2560. The normalized spacial score (nSPS) is 20.9. The zero-order chi connectivity index (χ0) is 35.3. The molecule has 2 bridgehead atoms. The molecule has 1 nitrogen and oxygen atoms in total. The number of fused-ring (bicyclic) bond motifs is 11. The molecule has 3 atom stereocenters. The van der Waals surface area contributed by atoms with Gasteiger partial charge in [-0.3, -0.25) is 0 Å². The second-order valence-corrected chi connectivity index (χ2v) is 16.5. The molecule has 0 radical (unpaired) electrons. The molecule has 1 spiro atoms. The number of benzene rings is 7. The molecule has 0 saturated heterocycles. The minimum Gasteiger partial charge on any atom is -0.310 e. The zero-order valence-corrected chi connectivity index (χ0v) is 30.5. The van der Waals surface area contributed by atoms with Gasteiger partial charge in [-0.1, -0.05) is 148 Å². The van der Waals surface area contributed by atoms with E-state index in [1.54, 1.807) is 11.1 Å². The van der Waals surface area contributed by atoms with Gasteiger partial charge in [0.05, 0.1) is 0 Å². The van der Waals surface area contributed by atoms with Crippen molar-refractivity contribution < 1.29 is 0 Å². The fourth-order valence-corrected chi connectivity index (χ4v) is 11.2. The topological polar surface area (TPSA) is 3.24 Å². The molecule has 4 aliphatic rings. The second kappa shape index (κ2) is 11.4. The van der Waals surface area contributed by atoms with Gasteiger partial charge >= 0.3 is 0 Å². The summed E-state index contributed by atoms with van der Waals surface area (Å²) >= 11 is 0. The zero-order valence-electron chi connectivity index (χ0n) is 30.5. The van der Waals surface area contributed by atoms with Crippen molar-refractivity contribution in [2.24, 2.45) is 11.8 Å². The highest BCUT2D eigenvalue weighted by Crippen LogP contribution is 2.66. The van der Waals surface area contributed by atoms with Gasteiger partial charge in [0.25, 0.3) is 0 Å². The van der Waals surface area contributed by atoms with E-state index in [2.05, 4.69) is 183 Å². The van der Waals surface area contributed by atoms with Crippen LogP contribution in [-0.2, 0) is 10.8 Å². The standard InChI is InChI=1S/C52H43N/c1-51(2)46-19-8-6-16-43(46)44-29-28-41(32-49(44)51)53(40-15-10-14-37(31-40)35-12-4-3-5-13-35)39-26-23-36(24-27-39)42-18-11-21-48-50(42)45-17-7-9-20-47(45)52(48)33-34-22-25-38(52)30-34/h3-21,23-24,26-29,31-32,34,38H,22,25,30,33H2,1-2H3. The first-order valence-electron chi connectivity index (χ1n) is 19.5. The minimum absolute atomic E-state index is 0.0799. The predicted molar refractivity (Wildman–Crippen MR) is 221 cm³/mol. The van der Waals surface area contributed by atoms with Crippen LogP contribution in [0.5, 0.6) is 0 Å². The van der Waals surface area contributed by atoms with E-state index in [0.717, 1.165) is 23.2 Å². The summed E-state index contributed by atoms with van der Waals surface area (Å²) in [6.45, 7) is 4.74. The summed E-state index contributed by atoms with van der Waals surface area (Å²) in [6, 6.07) is 61.7. The van der Waals surface area contributed by atoms with Gasteiger partial charge in [0.1, 0.15) is 0 Å². The average molecular weight is 682 g/mol. The van der Waals surface area contributed by atoms with Crippen LogP contribution in [0.3, 0.4) is 0 Å². The maximum atomic E-state index is 2.46. The van der Waals surface area contributed by atoms with Gasteiger partial charge in [0, 0.05) is 27.9 Å². The smallest absolute Gasteiger partial charge is 0.0467 e. The molecule has 0 heterocycles.